The summed E-state index contributed by atoms with van der Waals surface area (Å²) in [5.74, 6) is -0.319. The molecule has 0 aromatic carbocycles. The summed E-state index contributed by atoms with van der Waals surface area (Å²) in [6.45, 7) is 10.3. The fourth-order valence-corrected chi connectivity index (χ4v) is 7.71. The molecule has 1 N–H and O–H groups in total. The Morgan fingerprint density at radius 2 is 1.70 bits per heavy atom. The molecular weight excluding hydrogens is 528 g/mol. The van der Waals surface area contributed by atoms with Crippen molar-refractivity contribution in [1.29, 1.82) is 0 Å². The van der Waals surface area contributed by atoms with Crippen LogP contribution in [0.15, 0.2) is 0 Å². The fourth-order valence-electron chi connectivity index (χ4n) is 6.60. The minimum absolute atomic E-state index is 0.0780. The average Bonchev–Trinajstić information content (AvgIpc) is 3.58. The van der Waals surface area contributed by atoms with Crippen LogP contribution >= 0.6 is 11.3 Å². The zero-order valence-electron chi connectivity index (χ0n) is 24.2. The Kier molecular flexibility index (Phi) is 8.80. The van der Waals surface area contributed by atoms with Gasteiger partial charge in [-0.3, -0.25) is 19.2 Å². The van der Waals surface area contributed by atoms with E-state index in [0.717, 1.165) is 54.4 Å². The number of carbonyl (C=O) groups excluding carboxylic acids is 4. The second-order valence-corrected chi connectivity index (χ2v) is 13.6. The molecule has 0 unspecified atom stereocenters. The van der Waals surface area contributed by atoms with Crippen molar-refractivity contribution in [1.82, 2.24) is 29.9 Å². The van der Waals surface area contributed by atoms with Crippen LogP contribution in [0.5, 0.6) is 0 Å². The summed E-state index contributed by atoms with van der Waals surface area (Å²) in [5, 5.41) is 4.31. The third-order valence-electron chi connectivity index (χ3n) is 9.28. The number of carbonyl (C=O) groups is 4. The molecule has 3 fully saturated rings. The number of hydrogen-bond acceptors (Lipinski definition) is 7. The first kappa shape index (κ1) is 29.0. The largest absolute Gasteiger partial charge is 0.350 e. The predicted octanol–water partition coefficient (Wildman–Crippen LogP) is 1.91. The van der Waals surface area contributed by atoms with E-state index in [1.54, 1.807) is 16.2 Å². The molecule has 4 amide bonds. The van der Waals surface area contributed by atoms with Crippen molar-refractivity contribution in [2.75, 3.05) is 52.4 Å². The van der Waals surface area contributed by atoms with E-state index in [1.807, 2.05) is 11.8 Å². The molecule has 220 valence electrons. The van der Waals surface area contributed by atoms with Crippen molar-refractivity contribution in [3.05, 3.63) is 15.6 Å². The maximum Gasteiger partial charge on any atom is 0.242 e. The third-order valence-corrected chi connectivity index (χ3v) is 10.5. The zero-order valence-corrected chi connectivity index (χ0v) is 25.1. The molecule has 3 saturated heterocycles. The highest BCUT2D eigenvalue weighted by atomic mass is 32.1. The van der Waals surface area contributed by atoms with Gasteiger partial charge < -0.3 is 24.9 Å². The first-order valence-corrected chi connectivity index (χ1v) is 15.8. The molecule has 1 aromatic rings. The molecule has 4 bridgehead atoms. The lowest BCUT2D eigenvalue weighted by molar-refractivity contribution is -0.146. The highest BCUT2D eigenvalue weighted by Gasteiger charge is 2.41. The van der Waals surface area contributed by atoms with Crippen molar-refractivity contribution >= 4 is 35.0 Å². The number of thiazole rings is 1. The Labute approximate surface area is 241 Å². The first-order chi connectivity index (χ1) is 19.1. The molecular formula is C29H44N6O4S. The Morgan fingerprint density at radius 1 is 1.02 bits per heavy atom. The van der Waals surface area contributed by atoms with Gasteiger partial charge in [0.05, 0.1) is 29.1 Å². The van der Waals surface area contributed by atoms with Gasteiger partial charge in [0, 0.05) is 56.1 Å². The molecule has 5 aliphatic heterocycles. The molecule has 40 heavy (non-hydrogen) atoms. The minimum atomic E-state index is -0.722. The maximum atomic E-state index is 14.0. The normalized spacial score (nSPS) is 23.5. The number of fused-ring (bicyclic) bond motifs is 8. The Morgan fingerprint density at radius 3 is 2.35 bits per heavy atom. The van der Waals surface area contributed by atoms with E-state index in [0.29, 0.717) is 45.1 Å². The highest BCUT2D eigenvalue weighted by Crippen LogP contribution is 2.34. The van der Waals surface area contributed by atoms with Gasteiger partial charge in [0.2, 0.25) is 23.6 Å². The van der Waals surface area contributed by atoms with Gasteiger partial charge in [0.15, 0.2) is 0 Å². The van der Waals surface area contributed by atoms with E-state index in [2.05, 4.69) is 24.1 Å². The summed E-state index contributed by atoms with van der Waals surface area (Å²) in [6.07, 6.45) is 5.10. The van der Waals surface area contributed by atoms with E-state index in [-0.39, 0.29) is 55.5 Å². The van der Waals surface area contributed by atoms with Crippen LogP contribution in [-0.2, 0) is 25.6 Å². The Bertz CT molecular complexity index is 1110. The fraction of sp³-hybridized carbons (Fsp3) is 0.759. The molecule has 11 heteroatoms. The molecule has 0 radical (unpaired) electrons. The predicted molar refractivity (Wildman–Crippen MR) is 153 cm³/mol. The molecule has 0 aliphatic carbocycles. The van der Waals surface area contributed by atoms with Gasteiger partial charge in [-0.25, -0.2) is 4.98 Å². The molecule has 6 heterocycles. The van der Waals surface area contributed by atoms with E-state index in [4.69, 9.17) is 4.98 Å². The quantitative estimate of drug-likeness (QED) is 0.593. The average molecular weight is 573 g/mol. The smallest absolute Gasteiger partial charge is 0.242 e. The topological polar surface area (TPSA) is 106 Å². The Hall–Kier alpha value is -2.53. The van der Waals surface area contributed by atoms with Crippen molar-refractivity contribution in [3.8, 4) is 0 Å². The molecule has 5 aliphatic rings. The van der Waals surface area contributed by atoms with E-state index in [9.17, 15) is 19.2 Å². The highest BCUT2D eigenvalue weighted by molar-refractivity contribution is 7.11. The Balaban J connectivity index is 1.43. The number of aryl methyl sites for hydroxylation is 1. The minimum Gasteiger partial charge on any atom is -0.350 e. The van der Waals surface area contributed by atoms with Crippen LogP contribution in [0.3, 0.4) is 0 Å². The van der Waals surface area contributed by atoms with E-state index in [1.165, 1.54) is 4.90 Å². The molecule has 0 saturated carbocycles. The number of nitrogens with zero attached hydrogens (tertiary/aromatic N) is 5. The summed E-state index contributed by atoms with van der Waals surface area (Å²) < 4.78 is 0. The number of aromatic nitrogens is 1. The lowest BCUT2D eigenvalue weighted by Gasteiger charge is -2.44. The van der Waals surface area contributed by atoms with Crippen LogP contribution in [-0.4, -0.2) is 112 Å². The molecule has 10 nitrogen and oxygen atoms in total. The van der Waals surface area contributed by atoms with Gasteiger partial charge in [-0.05, 0) is 59.3 Å². The maximum absolute atomic E-state index is 14.0. The summed E-state index contributed by atoms with van der Waals surface area (Å²) in [6, 6.07) is 0.377. The van der Waals surface area contributed by atoms with Gasteiger partial charge in [-0.2, -0.15) is 0 Å². The van der Waals surface area contributed by atoms with Crippen LogP contribution in [0.2, 0.25) is 0 Å². The number of amides is 4. The second-order valence-electron chi connectivity index (χ2n) is 12.4. The van der Waals surface area contributed by atoms with Crippen LogP contribution < -0.4 is 5.32 Å². The van der Waals surface area contributed by atoms with Gasteiger partial charge in [0.1, 0.15) is 13.1 Å². The van der Waals surface area contributed by atoms with Crippen molar-refractivity contribution in [2.45, 2.75) is 89.6 Å². The van der Waals surface area contributed by atoms with Gasteiger partial charge in [0.25, 0.3) is 0 Å². The number of hydrogen-bond donors (Lipinski definition) is 1. The van der Waals surface area contributed by atoms with E-state index >= 15 is 0 Å². The summed E-state index contributed by atoms with van der Waals surface area (Å²) in [5.41, 5.74) is 0.0859. The SMILES string of the molecule is Cc1sc2nc1CC(=O)NC1(CCN(C(C)C)CC1)CC(=O)N(CC(=O)N1CCCC1)CC(=O)N1CCC2CC1. The van der Waals surface area contributed by atoms with Crippen molar-refractivity contribution in [2.24, 2.45) is 0 Å². The van der Waals surface area contributed by atoms with Crippen LogP contribution in [0.4, 0.5) is 0 Å². The lowest BCUT2D eigenvalue weighted by atomic mass is 9.83. The molecule has 0 atom stereocenters. The molecule has 6 rings (SSSR count). The van der Waals surface area contributed by atoms with Crippen LogP contribution in [0, 0.1) is 6.92 Å². The van der Waals surface area contributed by atoms with Crippen LogP contribution in [0.1, 0.15) is 80.3 Å². The summed E-state index contributed by atoms with van der Waals surface area (Å²) >= 11 is 1.66. The number of piperidine rings is 2. The van der Waals surface area contributed by atoms with Gasteiger partial charge >= 0.3 is 0 Å². The molecule has 1 spiro atoms. The molecule has 1 aromatic heterocycles. The first-order valence-electron chi connectivity index (χ1n) is 15.0. The standard InChI is InChI=1S/C29H44N6O4S/c1-20(2)32-14-8-29(9-15-32)17-25(37)35(18-26(38)33-10-4-5-11-33)19-27(39)34-12-6-22(7-13-34)28-30-23(21(3)40-28)16-24(36)31-29/h20,22H,4-19H2,1-3H3,(H,31,36). The van der Waals surface area contributed by atoms with Crippen LogP contribution in [0.25, 0.3) is 0 Å². The van der Waals surface area contributed by atoms with Gasteiger partial charge in [-0.15, -0.1) is 11.3 Å². The summed E-state index contributed by atoms with van der Waals surface area (Å²) in [7, 11) is 0. The number of likely N-dealkylation sites (tertiary alicyclic amines) is 2. The number of rotatable bonds is 3. The van der Waals surface area contributed by atoms with Gasteiger partial charge in [-0.1, -0.05) is 0 Å². The zero-order chi connectivity index (χ0) is 28.4. The van der Waals surface area contributed by atoms with Crippen molar-refractivity contribution < 1.29 is 19.2 Å². The number of nitrogens with one attached hydrogen (secondary N) is 1. The summed E-state index contributed by atoms with van der Waals surface area (Å²) in [4.78, 5) is 67.4. The second kappa shape index (κ2) is 12.1. The lowest BCUT2D eigenvalue weighted by Crippen LogP contribution is -2.59. The van der Waals surface area contributed by atoms with E-state index < -0.39 is 5.54 Å². The monoisotopic (exact) mass is 572 g/mol. The van der Waals surface area contributed by atoms with Crippen molar-refractivity contribution in [3.63, 3.8) is 0 Å². The third kappa shape index (κ3) is 6.51.